The normalized spacial score (nSPS) is 7.40. The Balaban J connectivity index is 0. The summed E-state index contributed by atoms with van der Waals surface area (Å²) in [6.07, 6.45) is 0. The first kappa shape index (κ1) is 8.83. The molecule has 3 N–H and O–H groups in total. The van der Waals surface area contributed by atoms with Gasteiger partial charge in [0.15, 0.2) is 0 Å². The zero-order valence-electron chi connectivity index (χ0n) is 2.35. The van der Waals surface area contributed by atoms with E-state index in [1.807, 2.05) is 0 Å². The molecule has 0 fully saturated rings. The van der Waals surface area contributed by atoms with E-state index < -0.39 is 0 Å². The number of rotatable bonds is 0. The quantitative estimate of drug-likeness (QED) is 0.254. The monoisotopic (exact) mass is 97.0 g/mol. The minimum atomic E-state index is 0. The van der Waals surface area contributed by atoms with Crippen molar-refractivity contribution in [2.45, 2.75) is 0 Å². The topological polar surface area (TPSA) is 64.1 Å². The molecule has 0 aromatic carbocycles. The van der Waals surface area contributed by atoms with Crippen molar-refractivity contribution in [3.05, 3.63) is 0 Å². The van der Waals surface area contributed by atoms with Crippen molar-refractivity contribution in [1.29, 1.82) is 0 Å². The lowest BCUT2D eigenvalue weighted by Crippen LogP contribution is -1.43. The molecule has 0 aliphatic carbocycles. The molecule has 0 aliphatic heterocycles. The van der Waals surface area contributed by atoms with Gasteiger partial charge in [0.05, 0.1) is 0 Å². The molecule has 0 aliphatic rings. The Labute approximate surface area is 34.2 Å². The highest BCUT2D eigenvalue weighted by molar-refractivity contribution is 6.56. The number of nitrogens with zero attached hydrogens (tertiary/aromatic N) is 1. The summed E-state index contributed by atoms with van der Waals surface area (Å²) in [7, 11) is 0. The summed E-state index contributed by atoms with van der Waals surface area (Å²) in [4.78, 5) is 0. The fourth-order valence-corrected chi connectivity index (χ4v) is 0. The summed E-state index contributed by atoms with van der Waals surface area (Å²) < 4.78 is 0. The molecule has 0 atom stereocenters. The average Bonchev–Trinajstić information content (AvgIpc) is 1.37. The van der Waals surface area contributed by atoms with Crippen molar-refractivity contribution >= 4 is 17.3 Å². The van der Waals surface area contributed by atoms with Gasteiger partial charge in [0.2, 0.25) is 0 Å². The molecule has 0 saturated carbocycles. The van der Waals surface area contributed by atoms with Crippen LogP contribution in [0, 0.1) is 0 Å². The van der Waals surface area contributed by atoms with Gasteiger partial charge in [0, 0.05) is 0 Å². The molecule has 0 amide bonds. The number of hydrogen-bond acceptors (Lipinski definition) is 2. The molecule has 3 nitrogen and oxygen atoms in total. The van der Waals surface area contributed by atoms with Gasteiger partial charge in [-0.1, -0.05) is 16.8 Å². The number of halogens is 1. The van der Waals surface area contributed by atoms with Crippen LogP contribution in [0.4, 0.5) is 0 Å². The number of oxime groups is 1. The van der Waals surface area contributed by atoms with Crippen LogP contribution in [0.3, 0.4) is 0 Å². The van der Waals surface area contributed by atoms with Gasteiger partial charge in [-0.05, 0) is 0 Å². The van der Waals surface area contributed by atoms with E-state index in [-0.39, 0.29) is 5.48 Å². The molecule has 0 heterocycles. The Bertz CT molecular complexity index is 24.8. The predicted octanol–water partition coefficient (Wildman–Crippen LogP) is -0.182. The average molecular weight is 97.5 g/mol. The lowest BCUT2D eigenvalue weighted by atomic mass is 11.7. The highest BCUT2D eigenvalue weighted by atomic mass is 35.5. The summed E-state index contributed by atoms with van der Waals surface area (Å²) in [6.45, 7) is 0. The Kier molecular flexibility index (Phi) is 16.4. The maximum atomic E-state index is 7.31. The van der Waals surface area contributed by atoms with Gasteiger partial charge < -0.3 is 10.7 Å². The Morgan fingerprint density at radius 2 is 2.00 bits per heavy atom. The van der Waals surface area contributed by atoms with Crippen molar-refractivity contribution < 1.29 is 10.7 Å². The molecule has 4 heteroatoms. The van der Waals surface area contributed by atoms with E-state index in [9.17, 15) is 0 Å². The molecule has 0 spiro atoms. The van der Waals surface area contributed by atoms with Gasteiger partial charge in [-0.15, -0.1) is 0 Å². The molecule has 0 unspecified atom stereocenters. The van der Waals surface area contributed by atoms with Crippen molar-refractivity contribution in [3.63, 3.8) is 0 Å². The third-order valence-corrected chi connectivity index (χ3v) is 0.131. The SMILES string of the molecule is O.ON=CCl. The summed E-state index contributed by atoms with van der Waals surface area (Å²) in [5.41, 5.74) is 0.778. The van der Waals surface area contributed by atoms with Crippen LogP contribution >= 0.6 is 11.6 Å². The van der Waals surface area contributed by atoms with E-state index in [1.165, 1.54) is 0 Å². The van der Waals surface area contributed by atoms with Crippen molar-refractivity contribution in [2.75, 3.05) is 0 Å². The minimum Gasteiger partial charge on any atom is -0.412 e. The zero-order valence-corrected chi connectivity index (χ0v) is 3.11. The van der Waals surface area contributed by atoms with E-state index in [2.05, 4.69) is 16.8 Å². The van der Waals surface area contributed by atoms with Gasteiger partial charge in [-0.3, -0.25) is 0 Å². The van der Waals surface area contributed by atoms with Crippen LogP contribution in [0.2, 0.25) is 0 Å². The highest BCUT2D eigenvalue weighted by Crippen LogP contribution is 1.53. The van der Waals surface area contributed by atoms with E-state index in [0.29, 0.717) is 0 Å². The second-order valence-corrected chi connectivity index (χ2v) is 0.408. The van der Waals surface area contributed by atoms with E-state index in [4.69, 9.17) is 5.21 Å². The lowest BCUT2D eigenvalue weighted by Gasteiger charge is -1.51. The van der Waals surface area contributed by atoms with E-state index in [0.717, 1.165) is 5.67 Å². The molecular weight excluding hydrogens is 93.5 g/mol. The smallest absolute Gasteiger partial charge is 0.132 e. The summed E-state index contributed by atoms with van der Waals surface area (Å²) in [5, 5.41) is 9.69. The first-order valence-electron chi connectivity index (χ1n) is 0.676. The van der Waals surface area contributed by atoms with E-state index in [1.54, 1.807) is 0 Å². The molecule has 0 aromatic rings. The maximum Gasteiger partial charge on any atom is 0.132 e. The maximum absolute atomic E-state index is 7.31. The van der Waals surface area contributed by atoms with Gasteiger partial charge in [0.1, 0.15) is 5.67 Å². The Morgan fingerprint density at radius 1 is 1.80 bits per heavy atom. The van der Waals surface area contributed by atoms with Crippen LogP contribution in [-0.4, -0.2) is 16.4 Å². The summed E-state index contributed by atoms with van der Waals surface area (Å²) in [5.74, 6) is 0. The largest absolute Gasteiger partial charge is 0.412 e. The first-order chi connectivity index (χ1) is 1.91. The van der Waals surface area contributed by atoms with Gasteiger partial charge in [-0.2, -0.15) is 0 Å². The molecule has 5 heavy (non-hydrogen) atoms. The third-order valence-electron chi connectivity index (χ3n) is 0.0436. The molecule has 0 rings (SSSR count). The van der Waals surface area contributed by atoms with Gasteiger partial charge in [-0.25, -0.2) is 0 Å². The first-order valence-corrected chi connectivity index (χ1v) is 1.11. The predicted molar refractivity (Wildman–Crippen MR) is 19.7 cm³/mol. The molecule has 0 aromatic heterocycles. The van der Waals surface area contributed by atoms with Crippen molar-refractivity contribution in [1.82, 2.24) is 0 Å². The van der Waals surface area contributed by atoms with Gasteiger partial charge in [0.25, 0.3) is 0 Å². The Hall–Kier alpha value is -0.280. The fraction of sp³-hybridized carbons (Fsp3) is 0. The second kappa shape index (κ2) is 9.30. The Morgan fingerprint density at radius 3 is 2.00 bits per heavy atom. The summed E-state index contributed by atoms with van der Waals surface area (Å²) >= 11 is 4.64. The van der Waals surface area contributed by atoms with Crippen molar-refractivity contribution in [3.8, 4) is 0 Å². The third kappa shape index (κ3) is 21.2. The lowest BCUT2D eigenvalue weighted by molar-refractivity contribution is 0.323. The van der Waals surface area contributed by atoms with Crippen LogP contribution < -0.4 is 0 Å². The molecule has 0 bridgehead atoms. The molecular formula is CH4ClNO2. The molecule has 32 valence electrons. The van der Waals surface area contributed by atoms with Gasteiger partial charge >= 0.3 is 0 Å². The van der Waals surface area contributed by atoms with Crippen LogP contribution in [-0.2, 0) is 0 Å². The van der Waals surface area contributed by atoms with Crippen molar-refractivity contribution in [2.24, 2.45) is 5.16 Å². The molecule has 0 radical (unpaired) electrons. The van der Waals surface area contributed by atoms with E-state index >= 15 is 0 Å². The van der Waals surface area contributed by atoms with Crippen LogP contribution in [0.15, 0.2) is 5.16 Å². The zero-order chi connectivity index (χ0) is 3.41. The standard InChI is InChI=1S/CH2ClNO.H2O/c2-1-3-4;/h1,4H;1H2. The summed E-state index contributed by atoms with van der Waals surface area (Å²) in [6, 6.07) is 0. The number of hydrogen-bond donors (Lipinski definition) is 1. The van der Waals surface area contributed by atoms with Crippen LogP contribution in [0.1, 0.15) is 0 Å². The van der Waals surface area contributed by atoms with Crippen LogP contribution in [0.5, 0.6) is 0 Å². The molecule has 0 saturated heterocycles. The fourth-order valence-electron chi connectivity index (χ4n) is 0. The van der Waals surface area contributed by atoms with Crippen LogP contribution in [0.25, 0.3) is 0 Å². The second-order valence-electron chi connectivity index (χ2n) is 0.213. The minimum absolute atomic E-state index is 0. The highest BCUT2D eigenvalue weighted by Gasteiger charge is 1.38.